The van der Waals surface area contributed by atoms with Crippen molar-refractivity contribution in [2.45, 2.75) is 43.2 Å². The molecule has 3 aliphatic heterocycles. The number of nitrogens with one attached hydrogen (secondary N) is 1. The highest BCUT2D eigenvalue weighted by Gasteiger charge is 2.53. The van der Waals surface area contributed by atoms with E-state index in [9.17, 15) is 22.8 Å². The highest BCUT2D eigenvalue weighted by atomic mass is 32.2. The molecular weight excluding hydrogens is 544 g/mol. The second-order valence-electron chi connectivity index (χ2n) is 11.3. The second kappa shape index (κ2) is 12.3. The van der Waals surface area contributed by atoms with Gasteiger partial charge in [-0.1, -0.05) is 6.92 Å². The lowest BCUT2D eigenvalue weighted by molar-refractivity contribution is -0.137. The largest absolute Gasteiger partial charge is 0.369 e. The summed E-state index contributed by atoms with van der Waals surface area (Å²) in [7, 11) is -1.77. The highest BCUT2D eigenvalue weighted by molar-refractivity contribution is 7.89. The van der Waals surface area contributed by atoms with E-state index >= 15 is 0 Å². The number of hydrogen-bond donors (Lipinski definition) is 1. The van der Waals surface area contributed by atoms with E-state index < -0.39 is 22.1 Å². The molecule has 5 rings (SSSR count). The van der Waals surface area contributed by atoms with E-state index in [0.717, 1.165) is 31.9 Å². The average molecular weight is 583 g/mol. The lowest BCUT2D eigenvalue weighted by atomic mass is 10.0. The molecule has 0 bridgehead atoms. The van der Waals surface area contributed by atoms with Gasteiger partial charge >= 0.3 is 0 Å². The number of carbonyl (C=O) groups excluding carboxylic acids is 3. The summed E-state index contributed by atoms with van der Waals surface area (Å²) < 4.78 is 27.5. The predicted molar refractivity (Wildman–Crippen MR) is 154 cm³/mol. The van der Waals surface area contributed by atoms with E-state index in [-0.39, 0.29) is 41.4 Å². The molecule has 0 saturated carbocycles. The maximum atomic E-state index is 13.2. The van der Waals surface area contributed by atoms with Gasteiger partial charge in [-0.2, -0.15) is 4.31 Å². The third-order valence-corrected chi connectivity index (χ3v) is 10.2. The van der Waals surface area contributed by atoms with Crippen molar-refractivity contribution in [3.8, 4) is 0 Å². The first-order chi connectivity index (χ1) is 19.6. The fourth-order valence-corrected chi connectivity index (χ4v) is 7.54. The van der Waals surface area contributed by atoms with Gasteiger partial charge in [0.2, 0.25) is 15.9 Å². The van der Waals surface area contributed by atoms with Gasteiger partial charge in [0, 0.05) is 69.3 Å². The fourth-order valence-electron chi connectivity index (χ4n) is 5.95. The van der Waals surface area contributed by atoms with E-state index in [1.807, 2.05) is 31.2 Å². The average Bonchev–Trinajstić information content (AvgIpc) is 3.55. The summed E-state index contributed by atoms with van der Waals surface area (Å²) in [6, 6.07) is 9.34. The highest BCUT2D eigenvalue weighted by Crippen LogP contribution is 2.34. The van der Waals surface area contributed by atoms with Gasteiger partial charge < -0.3 is 20.0 Å². The first-order valence-corrected chi connectivity index (χ1v) is 15.6. The number of fused-ring (bicyclic) bond motifs is 1. The summed E-state index contributed by atoms with van der Waals surface area (Å²) in [5, 5.41) is 2.94. The molecule has 3 fully saturated rings. The van der Waals surface area contributed by atoms with Crippen molar-refractivity contribution in [1.29, 1.82) is 0 Å². The normalized spacial score (nSPS) is 22.5. The van der Waals surface area contributed by atoms with Crippen molar-refractivity contribution in [3.63, 3.8) is 0 Å². The molecule has 41 heavy (non-hydrogen) atoms. The van der Waals surface area contributed by atoms with Crippen LogP contribution in [-0.2, 0) is 19.6 Å². The Labute approximate surface area is 241 Å². The Morgan fingerprint density at radius 3 is 2.49 bits per heavy atom. The van der Waals surface area contributed by atoms with Crippen LogP contribution in [-0.4, -0.2) is 110 Å². The zero-order valence-corrected chi connectivity index (χ0v) is 24.4. The SMILES string of the molecule is CC(CCNC(=O)c1ccc(N2CCN(C)CC2)cc1)CC(=O)N1CCC2C1C(=O)CN2S(=O)(=O)c1cccnc1. The van der Waals surface area contributed by atoms with E-state index in [4.69, 9.17) is 0 Å². The number of hydrogen-bond acceptors (Lipinski definition) is 8. The number of likely N-dealkylation sites (tertiary alicyclic amines) is 1. The third-order valence-electron chi connectivity index (χ3n) is 8.38. The predicted octanol–water partition coefficient (Wildman–Crippen LogP) is 1.22. The Hall–Kier alpha value is -3.35. The van der Waals surface area contributed by atoms with Crippen LogP contribution in [0.5, 0.6) is 0 Å². The summed E-state index contributed by atoms with van der Waals surface area (Å²) >= 11 is 0. The number of pyridine rings is 1. The maximum absolute atomic E-state index is 13.2. The molecule has 0 aliphatic carbocycles. The number of amides is 2. The molecule has 3 aliphatic rings. The Balaban J connectivity index is 1.09. The molecule has 220 valence electrons. The molecule has 3 atom stereocenters. The van der Waals surface area contributed by atoms with Crippen LogP contribution in [0, 0.1) is 5.92 Å². The Bertz CT molecular complexity index is 1360. The van der Waals surface area contributed by atoms with E-state index in [1.165, 1.54) is 22.8 Å². The van der Waals surface area contributed by atoms with Crippen molar-refractivity contribution >= 4 is 33.3 Å². The Morgan fingerprint density at radius 1 is 1.07 bits per heavy atom. The zero-order chi connectivity index (χ0) is 29.1. The monoisotopic (exact) mass is 582 g/mol. The molecule has 2 aromatic rings. The van der Waals surface area contributed by atoms with Crippen LogP contribution in [0.25, 0.3) is 0 Å². The van der Waals surface area contributed by atoms with Gasteiger partial charge in [-0.05, 0) is 62.2 Å². The van der Waals surface area contributed by atoms with Crippen LogP contribution in [0.3, 0.4) is 0 Å². The number of sulfonamides is 1. The van der Waals surface area contributed by atoms with Crippen molar-refractivity contribution in [2.75, 3.05) is 57.8 Å². The molecule has 12 heteroatoms. The molecule has 0 radical (unpaired) electrons. The van der Waals surface area contributed by atoms with Gasteiger partial charge in [-0.3, -0.25) is 19.4 Å². The maximum Gasteiger partial charge on any atom is 0.251 e. The minimum Gasteiger partial charge on any atom is -0.369 e. The lowest BCUT2D eigenvalue weighted by Gasteiger charge is -2.34. The number of ketones is 1. The summed E-state index contributed by atoms with van der Waals surface area (Å²) in [5.41, 5.74) is 1.71. The minimum absolute atomic E-state index is 0.0202. The van der Waals surface area contributed by atoms with Gasteiger partial charge in [-0.15, -0.1) is 0 Å². The first-order valence-electron chi connectivity index (χ1n) is 14.2. The summed E-state index contributed by atoms with van der Waals surface area (Å²) in [6.45, 7) is 6.44. The Kier molecular flexibility index (Phi) is 8.71. The van der Waals surface area contributed by atoms with Crippen molar-refractivity contribution < 1.29 is 22.8 Å². The smallest absolute Gasteiger partial charge is 0.251 e. The van der Waals surface area contributed by atoms with E-state index in [2.05, 4.69) is 27.1 Å². The molecular formula is C29H38N6O5S. The molecule has 3 unspecified atom stereocenters. The van der Waals surface area contributed by atoms with Gasteiger partial charge in [0.15, 0.2) is 5.78 Å². The number of anilines is 1. The molecule has 2 amide bonds. The summed E-state index contributed by atoms with van der Waals surface area (Å²) in [4.78, 5) is 48.8. The van der Waals surface area contributed by atoms with Gasteiger partial charge in [0.05, 0.1) is 12.6 Å². The Morgan fingerprint density at radius 2 is 1.80 bits per heavy atom. The molecule has 4 heterocycles. The summed E-state index contributed by atoms with van der Waals surface area (Å²) in [5.74, 6) is -0.591. The van der Waals surface area contributed by atoms with Crippen LogP contribution < -0.4 is 10.2 Å². The van der Waals surface area contributed by atoms with Crippen molar-refractivity contribution in [2.24, 2.45) is 5.92 Å². The van der Waals surface area contributed by atoms with Gasteiger partial charge in [-0.25, -0.2) is 8.42 Å². The van der Waals surface area contributed by atoms with Crippen LogP contribution in [0.15, 0.2) is 53.7 Å². The van der Waals surface area contributed by atoms with Crippen LogP contribution in [0.1, 0.15) is 36.5 Å². The van der Waals surface area contributed by atoms with Gasteiger partial charge in [0.25, 0.3) is 5.91 Å². The standard InChI is InChI=1S/C29H38N6O5S/c1-21(9-12-31-29(38)22-5-7-23(8-6-22)33-16-14-32(2)15-17-33)18-27(37)34-13-10-25-28(34)26(36)20-35(25)41(39,40)24-4-3-11-30-19-24/h3-8,11,19,21,25,28H,9-10,12-18,20H2,1-2H3,(H,31,38). The number of Topliss-reactive ketones (excluding diaryl/α,β-unsaturated/α-hetero) is 1. The van der Waals surface area contributed by atoms with Crippen molar-refractivity contribution in [1.82, 2.24) is 24.4 Å². The number of aromatic nitrogens is 1. The molecule has 1 N–H and O–H groups in total. The van der Waals surface area contributed by atoms with E-state index in [0.29, 0.717) is 31.5 Å². The number of nitrogens with zero attached hydrogens (tertiary/aromatic N) is 5. The number of rotatable bonds is 9. The van der Waals surface area contributed by atoms with Crippen LogP contribution in [0.2, 0.25) is 0 Å². The molecule has 11 nitrogen and oxygen atoms in total. The van der Waals surface area contributed by atoms with E-state index in [1.54, 1.807) is 11.0 Å². The molecule has 1 aromatic carbocycles. The number of piperazine rings is 1. The number of carbonyl (C=O) groups is 3. The van der Waals surface area contributed by atoms with Crippen molar-refractivity contribution in [3.05, 3.63) is 54.4 Å². The topological polar surface area (TPSA) is 123 Å². The molecule has 0 spiro atoms. The van der Waals surface area contributed by atoms with Crippen LogP contribution in [0.4, 0.5) is 5.69 Å². The van der Waals surface area contributed by atoms with Crippen LogP contribution >= 0.6 is 0 Å². The lowest BCUT2D eigenvalue weighted by Crippen LogP contribution is -2.44. The summed E-state index contributed by atoms with van der Waals surface area (Å²) in [6.07, 6.45) is 4.01. The second-order valence-corrected chi connectivity index (χ2v) is 13.2. The fraction of sp³-hybridized carbons (Fsp3) is 0.517. The third kappa shape index (κ3) is 6.29. The quantitative estimate of drug-likeness (QED) is 0.468. The molecule has 1 aromatic heterocycles. The number of likely N-dealkylation sites (N-methyl/N-ethyl adjacent to an activating group) is 1. The first kappa shape index (κ1) is 29.2. The number of benzene rings is 1. The zero-order valence-electron chi connectivity index (χ0n) is 23.6. The minimum atomic E-state index is -3.88. The molecule has 3 saturated heterocycles. The van der Waals surface area contributed by atoms with Gasteiger partial charge in [0.1, 0.15) is 10.9 Å².